The molecule has 0 aliphatic heterocycles. The Kier molecular flexibility index (Phi) is 17.2. The van der Waals surface area contributed by atoms with Gasteiger partial charge in [-0.25, -0.2) is 0 Å². The van der Waals surface area contributed by atoms with E-state index in [0.29, 0.717) is 5.41 Å². The van der Waals surface area contributed by atoms with Gasteiger partial charge >= 0.3 is 0 Å². The van der Waals surface area contributed by atoms with Crippen LogP contribution in [0.1, 0.15) is 38.8 Å². The molecule has 0 saturated carbocycles. The second-order valence-corrected chi connectivity index (χ2v) is 7.53. The molecule has 0 heterocycles. The van der Waals surface area contributed by atoms with E-state index in [-0.39, 0.29) is 31.0 Å². The monoisotopic (exact) mass is 400 g/mol. The molecule has 0 aromatic heterocycles. The minimum atomic E-state index is 0. The predicted octanol–water partition coefficient (Wildman–Crippen LogP) is 6.67. The summed E-state index contributed by atoms with van der Waals surface area (Å²) in [6, 6.07) is 21.2. The molecule has 0 aliphatic carbocycles. The summed E-state index contributed by atoms with van der Waals surface area (Å²) in [5, 5.41) is 0. The molecule has 2 nitrogen and oxygen atoms in total. The molecule has 0 radical (unpaired) electrons. The fourth-order valence-electron chi connectivity index (χ4n) is 2.27. The first-order valence-corrected chi connectivity index (χ1v) is 8.54. The molecule has 0 bridgehead atoms. The topological polar surface area (TPSA) is 38.2 Å². The largest absolute Gasteiger partial charge is 0.344 e. The number of hydrogen-bond acceptors (Lipinski definition) is 2. The Morgan fingerprint density at radius 1 is 0.769 bits per heavy atom. The molecule has 2 aromatic rings. The molecule has 0 saturated heterocycles. The lowest BCUT2D eigenvalue weighted by Crippen LogP contribution is -2.21. The van der Waals surface area contributed by atoms with Gasteiger partial charge in [0.25, 0.3) is 0 Å². The van der Waals surface area contributed by atoms with E-state index < -0.39 is 0 Å². The summed E-state index contributed by atoms with van der Waals surface area (Å²) in [7, 11) is 4.15. The van der Waals surface area contributed by atoms with E-state index in [2.05, 4.69) is 101 Å². The van der Waals surface area contributed by atoms with E-state index >= 15 is 0 Å². The van der Waals surface area contributed by atoms with Gasteiger partial charge in [-0.1, -0.05) is 88.4 Å². The Morgan fingerprint density at radius 2 is 1.15 bits per heavy atom. The van der Waals surface area contributed by atoms with Crippen LogP contribution in [-0.4, -0.2) is 19.0 Å². The molecule has 0 amide bonds. The van der Waals surface area contributed by atoms with Crippen LogP contribution in [0, 0.1) is 11.3 Å². The van der Waals surface area contributed by atoms with Crippen molar-refractivity contribution >= 4 is 24.8 Å². The van der Waals surface area contributed by atoms with Gasteiger partial charge in [0, 0.05) is 6.54 Å². The maximum atomic E-state index is 2.34. The van der Waals surface area contributed by atoms with E-state index in [4.69, 9.17) is 0 Å². The normalized spacial score (nSPS) is 10.0. The van der Waals surface area contributed by atoms with Crippen LogP contribution in [0.25, 0.3) is 0 Å². The molecule has 3 N–H and O–H groups in total. The van der Waals surface area contributed by atoms with Crippen molar-refractivity contribution in [1.82, 2.24) is 11.1 Å². The summed E-state index contributed by atoms with van der Waals surface area (Å²) in [6.07, 6.45) is 1.17. The number of nitrogens with zero attached hydrogens (tertiary/aromatic N) is 1. The lowest BCUT2D eigenvalue weighted by Gasteiger charge is -2.29. The molecular weight excluding hydrogens is 363 g/mol. The van der Waals surface area contributed by atoms with Crippen molar-refractivity contribution in [3.63, 3.8) is 0 Å². The van der Waals surface area contributed by atoms with Crippen molar-refractivity contribution in [1.29, 1.82) is 0 Å². The van der Waals surface area contributed by atoms with Crippen molar-refractivity contribution < 1.29 is 0 Å². The maximum absolute atomic E-state index is 2.34. The number of halogens is 2. The molecule has 2 aromatic carbocycles. The molecule has 0 atom stereocenters. The summed E-state index contributed by atoms with van der Waals surface area (Å²) in [5.41, 5.74) is 3.22. The Labute approximate surface area is 173 Å². The zero-order valence-corrected chi connectivity index (χ0v) is 18.9. The molecule has 150 valence electrons. The van der Waals surface area contributed by atoms with E-state index in [9.17, 15) is 0 Å². The lowest BCUT2D eigenvalue weighted by molar-refractivity contribution is 0.248. The van der Waals surface area contributed by atoms with Crippen LogP contribution in [0.2, 0.25) is 0 Å². The lowest BCUT2D eigenvalue weighted by atomic mass is 9.76. The second kappa shape index (κ2) is 15.0. The summed E-state index contributed by atoms with van der Waals surface area (Å²) in [6.45, 7) is 10.3. The van der Waals surface area contributed by atoms with Gasteiger partial charge in [-0.15, -0.1) is 24.8 Å². The van der Waals surface area contributed by atoms with Crippen LogP contribution in [0.4, 0.5) is 0 Å². The van der Waals surface area contributed by atoms with Crippen LogP contribution in [0.3, 0.4) is 0 Å². The zero-order valence-electron chi connectivity index (χ0n) is 17.2. The van der Waals surface area contributed by atoms with Gasteiger partial charge in [-0.05, 0) is 43.0 Å². The maximum Gasteiger partial charge on any atom is 0.0227 e. The SMILES string of the molecule is CC(C)C(C)(C)Cc1ccccc1.CN(C)Cc1ccccc1.Cl.Cl.N. The highest BCUT2D eigenvalue weighted by molar-refractivity contribution is 5.85. The van der Waals surface area contributed by atoms with E-state index in [1.54, 1.807) is 0 Å². The first-order valence-electron chi connectivity index (χ1n) is 8.54. The Balaban J connectivity index is -0.000000374. The van der Waals surface area contributed by atoms with Crippen molar-refractivity contribution in [3.05, 3.63) is 71.8 Å². The Bertz CT molecular complexity index is 541. The predicted molar refractivity (Wildman–Crippen MR) is 122 cm³/mol. The van der Waals surface area contributed by atoms with E-state index in [0.717, 1.165) is 12.5 Å². The highest BCUT2D eigenvalue weighted by Crippen LogP contribution is 2.30. The molecular formula is C22H38Cl2N2. The molecule has 26 heavy (non-hydrogen) atoms. The van der Waals surface area contributed by atoms with Gasteiger partial charge in [-0.2, -0.15) is 0 Å². The van der Waals surface area contributed by atoms with Crippen LogP contribution in [0.15, 0.2) is 60.7 Å². The minimum absolute atomic E-state index is 0. The zero-order chi connectivity index (χ0) is 17.3. The molecule has 2 rings (SSSR count). The van der Waals surface area contributed by atoms with Crippen molar-refractivity contribution in [2.24, 2.45) is 11.3 Å². The van der Waals surface area contributed by atoms with E-state index in [1.165, 1.54) is 17.5 Å². The smallest absolute Gasteiger partial charge is 0.0227 e. The first kappa shape index (κ1) is 29.7. The average molecular weight is 401 g/mol. The fraction of sp³-hybridized carbons (Fsp3) is 0.455. The van der Waals surface area contributed by atoms with Crippen molar-refractivity contribution in [3.8, 4) is 0 Å². The first-order chi connectivity index (χ1) is 10.8. The highest BCUT2D eigenvalue weighted by atomic mass is 35.5. The summed E-state index contributed by atoms with van der Waals surface area (Å²) in [4.78, 5) is 2.16. The molecule has 0 fully saturated rings. The Morgan fingerprint density at radius 3 is 1.50 bits per heavy atom. The van der Waals surface area contributed by atoms with Crippen LogP contribution in [0.5, 0.6) is 0 Å². The molecule has 0 spiro atoms. The summed E-state index contributed by atoms with van der Waals surface area (Å²) >= 11 is 0. The van der Waals surface area contributed by atoms with Gasteiger partial charge in [0.1, 0.15) is 0 Å². The van der Waals surface area contributed by atoms with Gasteiger partial charge in [0.15, 0.2) is 0 Å². The standard InChI is InChI=1S/C13H20.C9H13N.2ClH.H3N/c1-11(2)13(3,4)10-12-8-6-5-7-9-12;1-10(2)8-9-6-4-3-5-7-9;;;/h5-9,11H,10H2,1-4H3;3-7H,8H2,1-2H3;2*1H;1H3. The third kappa shape index (κ3) is 12.3. The van der Waals surface area contributed by atoms with Gasteiger partial charge in [0.2, 0.25) is 0 Å². The van der Waals surface area contributed by atoms with Crippen molar-refractivity contribution in [2.45, 2.75) is 40.7 Å². The van der Waals surface area contributed by atoms with E-state index in [1.807, 2.05) is 6.07 Å². The minimum Gasteiger partial charge on any atom is -0.344 e. The van der Waals surface area contributed by atoms with Gasteiger partial charge in [-0.3, -0.25) is 0 Å². The third-order valence-electron chi connectivity index (χ3n) is 4.41. The average Bonchev–Trinajstić information content (AvgIpc) is 2.48. The van der Waals surface area contributed by atoms with Crippen molar-refractivity contribution in [2.75, 3.05) is 14.1 Å². The Hall–Kier alpha value is -1.06. The number of hydrogen-bond donors (Lipinski definition) is 1. The fourth-order valence-corrected chi connectivity index (χ4v) is 2.27. The summed E-state index contributed by atoms with van der Waals surface area (Å²) < 4.78 is 0. The number of rotatable bonds is 5. The van der Waals surface area contributed by atoms with Crippen LogP contribution >= 0.6 is 24.8 Å². The summed E-state index contributed by atoms with van der Waals surface area (Å²) in [5.74, 6) is 0.729. The van der Waals surface area contributed by atoms with Crippen LogP contribution in [-0.2, 0) is 13.0 Å². The molecule has 4 heteroatoms. The van der Waals surface area contributed by atoms with Crippen LogP contribution < -0.4 is 6.15 Å². The number of benzene rings is 2. The molecule has 0 aliphatic rings. The third-order valence-corrected chi connectivity index (χ3v) is 4.41. The second-order valence-electron chi connectivity index (χ2n) is 7.53. The highest BCUT2D eigenvalue weighted by Gasteiger charge is 2.22. The van der Waals surface area contributed by atoms with Gasteiger partial charge < -0.3 is 11.1 Å². The quantitative estimate of drug-likeness (QED) is 0.608. The molecule has 0 unspecified atom stereocenters. The van der Waals surface area contributed by atoms with Gasteiger partial charge in [0.05, 0.1) is 0 Å².